The maximum atomic E-state index is 11.2. The number of carbonyl (C=O) groups is 3. The van der Waals surface area contributed by atoms with Crippen LogP contribution in [0.4, 0.5) is 0 Å². The first-order valence-electron chi connectivity index (χ1n) is 11.4. The summed E-state index contributed by atoms with van der Waals surface area (Å²) >= 11 is 0. The number of rotatable bonds is 9. The maximum absolute atomic E-state index is 11.2. The predicted molar refractivity (Wildman–Crippen MR) is 129 cm³/mol. The second kappa shape index (κ2) is 12.8. The fraction of sp³-hybridized carbons (Fsp3) is 0.444. The smallest absolute Gasteiger partial charge is 0.322 e. The van der Waals surface area contributed by atoms with E-state index in [1.165, 1.54) is 16.7 Å². The van der Waals surface area contributed by atoms with Crippen LogP contribution >= 0.6 is 0 Å². The number of carboxylic acid groups (broad SMARTS) is 3. The van der Waals surface area contributed by atoms with Crippen molar-refractivity contribution in [3.05, 3.63) is 68.8 Å². The summed E-state index contributed by atoms with van der Waals surface area (Å²) in [6.45, 7) is 11.9. The minimum absolute atomic E-state index is 0.145. The first kappa shape index (κ1) is 27.9. The van der Waals surface area contributed by atoms with Gasteiger partial charge in [-0.1, -0.05) is 63.1 Å². The van der Waals surface area contributed by atoms with Crippen molar-refractivity contribution in [2.45, 2.75) is 79.6 Å². The molecule has 180 valence electrons. The van der Waals surface area contributed by atoms with Gasteiger partial charge in [0, 0.05) is 0 Å². The van der Waals surface area contributed by atoms with Crippen LogP contribution in [-0.4, -0.2) is 33.2 Å². The standard InChI is InChI=1S/C14H18O4.C13H18O2/c1-4-9-6-8(3)7-10(5-2)11(9)12(13(15)16)14(17)18;1-4-10-6-9(3)7-11(5-2)12(10)8-13(14)15/h6-7,12H,4-5H2,1-3H3,(H,15,16)(H,17,18);6-7H,4-5,8H2,1-3H3,(H,14,15). The largest absolute Gasteiger partial charge is 0.481 e. The Morgan fingerprint density at radius 3 is 1.27 bits per heavy atom. The van der Waals surface area contributed by atoms with Gasteiger partial charge in [-0.25, -0.2) is 0 Å². The Morgan fingerprint density at radius 2 is 1.00 bits per heavy atom. The van der Waals surface area contributed by atoms with Crippen LogP contribution in [0, 0.1) is 13.8 Å². The zero-order chi connectivity index (χ0) is 25.3. The zero-order valence-corrected chi connectivity index (χ0v) is 20.5. The van der Waals surface area contributed by atoms with Crippen molar-refractivity contribution < 1.29 is 29.7 Å². The molecule has 2 rings (SSSR count). The molecule has 6 heteroatoms. The van der Waals surface area contributed by atoms with Crippen molar-refractivity contribution >= 4 is 17.9 Å². The molecule has 0 aromatic heterocycles. The molecule has 0 aliphatic rings. The third-order valence-corrected chi connectivity index (χ3v) is 5.71. The maximum Gasteiger partial charge on any atom is 0.322 e. The van der Waals surface area contributed by atoms with E-state index >= 15 is 0 Å². The molecule has 0 amide bonds. The number of hydrogen-bond acceptors (Lipinski definition) is 3. The summed E-state index contributed by atoms with van der Waals surface area (Å²) in [6, 6.07) is 7.93. The lowest BCUT2D eigenvalue weighted by atomic mass is 9.86. The molecule has 0 heterocycles. The van der Waals surface area contributed by atoms with Crippen molar-refractivity contribution in [3.8, 4) is 0 Å². The van der Waals surface area contributed by atoms with Crippen LogP contribution in [0.1, 0.15) is 78.1 Å². The Bertz CT molecular complexity index is 942. The molecule has 3 N–H and O–H groups in total. The average Bonchev–Trinajstić information content (AvgIpc) is 2.74. The average molecular weight is 457 g/mol. The van der Waals surface area contributed by atoms with E-state index in [-0.39, 0.29) is 6.42 Å². The molecule has 0 radical (unpaired) electrons. The van der Waals surface area contributed by atoms with Crippen molar-refractivity contribution in [2.24, 2.45) is 0 Å². The number of carboxylic acids is 3. The Labute approximate surface area is 196 Å². The summed E-state index contributed by atoms with van der Waals surface area (Å²) in [6.07, 6.45) is 3.20. The summed E-state index contributed by atoms with van der Waals surface area (Å²) in [5, 5.41) is 27.1. The lowest BCUT2D eigenvalue weighted by Gasteiger charge is -2.18. The fourth-order valence-electron chi connectivity index (χ4n) is 4.24. The Morgan fingerprint density at radius 1 is 0.667 bits per heavy atom. The van der Waals surface area contributed by atoms with Gasteiger partial charge in [0.05, 0.1) is 6.42 Å². The summed E-state index contributed by atoms with van der Waals surface area (Å²) in [5.41, 5.74) is 7.68. The molecule has 0 saturated carbocycles. The van der Waals surface area contributed by atoms with Gasteiger partial charge in [-0.15, -0.1) is 0 Å². The van der Waals surface area contributed by atoms with Crippen molar-refractivity contribution in [3.63, 3.8) is 0 Å². The van der Waals surface area contributed by atoms with E-state index in [2.05, 4.69) is 32.9 Å². The molecule has 6 nitrogen and oxygen atoms in total. The van der Waals surface area contributed by atoms with Crippen LogP contribution < -0.4 is 0 Å². The van der Waals surface area contributed by atoms with E-state index in [0.717, 1.165) is 35.1 Å². The molecule has 33 heavy (non-hydrogen) atoms. The van der Waals surface area contributed by atoms with Crippen LogP contribution in [0.3, 0.4) is 0 Å². The van der Waals surface area contributed by atoms with Crippen LogP contribution in [0.5, 0.6) is 0 Å². The van der Waals surface area contributed by atoms with Crippen LogP contribution in [0.25, 0.3) is 0 Å². The van der Waals surface area contributed by atoms with Gasteiger partial charge in [0.25, 0.3) is 0 Å². The first-order valence-corrected chi connectivity index (χ1v) is 11.4. The molecule has 0 aliphatic heterocycles. The molecule has 0 bridgehead atoms. The lowest BCUT2D eigenvalue weighted by Crippen LogP contribution is -2.24. The minimum Gasteiger partial charge on any atom is -0.481 e. The van der Waals surface area contributed by atoms with Gasteiger partial charge in [-0.2, -0.15) is 0 Å². The fourth-order valence-corrected chi connectivity index (χ4v) is 4.24. The van der Waals surface area contributed by atoms with Crippen LogP contribution in [0.2, 0.25) is 0 Å². The van der Waals surface area contributed by atoms with E-state index in [0.29, 0.717) is 18.4 Å². The topological polar surface area (TPSA) is 112 Å². The van der Waals surface area contributed by atoms with E-state index in [1.807, 2.05) is 32.9 Å². The molecular formula is C27H36O6. The Hall–Kier alpha value is -3.15. The highest BCUT2D eigenvalue weighted by Crippen LogP contribution is 2.28. The van der Waals surface area contributed by atoms with Crippen molar-refractivity contribution in [1.82, 2.24) is 0 Å². The van der Waals surface area contributed by atoms with Crippen molar-refractivity contribution in [2.75, 3.05) is 0 Å². The highest BCUT2D eigenvalue weighted by molar-refractivity contribution is 5.99. The Balaban J connectivity index is 0.000000335. The number of benzene rings is 2. The Kier molecular flexibility index (Phi) is 10.8. The molecule has 0 atom stereocenters. The monoisotopic (exact) mass is 456 g/mol. The van der Waals surface area contributed by atoms with E-state index in [4.69, 9.17) is 15.3 Å². The zero-order valence-electron chi connectivity index (χ0n) is 20.5. The van der Waals surface area contributed by atoms with E-state index in [9.17, 15) is 14.4 Å². The normalized spacial score (nSPS) is 10.5. The minimum atomic E-state index is -1.48. The van der Waals surface area contributed by atoms with Crippen LogP contribution in [-0.2, 0) is 46.5 Å². The van der Waals surface area contributed by atoms with Crippen LogP contribution in [0.15, 0.2) is 24.3 Å². The third kappa shape index (κ3) is 7.45. The molecule has 0 unspecified atom stereocenters. The summed E-state index contributed by atoms with van der Waals surface area (Å²) in [4.78, 5) is 33.2. The molecule has 0 fully saturated rings. The highest BCUT2D eigenvalue weighted by Gasteiger charge is 2.31. The highest BCUT2D eigenvalue weighted by atomic mass is 16.4. The van der Waals surface area contributed by atoms with Gasteiger partial charge in [-0.3, -0.25) is 14.4 Å². The van der Waals surface area contributed by atoms with Gasteiger partial charge < -0.3 is 15.3 Å². The summed E-state index contributed by atoms with van der Waals surface area (Å²) in [7, 11) is 0. The van der Waals surface area contributed by atoms with Gasteiger partial charge >= 0.3 is 17.9 Å². The van der Waals surface area contributed by atoms with Gasteiger partial charge in [-0.05, 0) is 72.9 Å². The number of aliphatic carboxylic acids is 3. The lowest BCUT2D eigenvalue weighted by molar-refractivity contribution is -0.150. The molecule has 0 saturated heterocycles. The third-order valence-electron chi connectivity index (χ3n) is 5.71. The second-order valence-corrected chi connectivity index (χ2v) is 8.15. The second-order valence-electron chi connectivity index (χ2n) is 8.15. The number of aryl methyl sites for hydroxylation is 6. The number of hydrogen-bond donors (Lipinski definition) is 3. The molecular weight excluding hydrogens is 420 g/mol. The molecule has 2 aromatic rings. The molecule has 0 spiro atoms. The SMILES string of the molecule is CCc1cc(C)cc(CC)c1C(C(=O)O)C(=O)O.CCc1cc(C)cc(CC)c1CC(=O)O. The van der Waals surface area contributed by atoms with Gasteiger partial charge in [0.15, 0.2) is 5.92 Å². The molecule has 0 aliphatic carbocycles. The van der Waals surface area contributed by atoms with E-state index < -0.39 is 23.8 Å². The van der Waals surface area contributed by atoms with E-state index in [1.54, 1.807) is 0 Å². The first-order chi connectivity index (χ1) is 15.5. The summed E-state index contributed by atoms with van der Waals surface area (Å²) < 4.78 is 0. The quantitative estimate of drug-likeness (QED) is 0.452. The van der Waals surface area contributed by atoms with Crippen molar-refractivity contribution in [1.29, 1.82) is 0 Å². The predicted octanol–water partition coefficient (Wildman–Crippen LogP) is 5.12. The summed E-state index contributed by atoms with van der Waals surface area (Å²) in [5.74, 6) is -4.84. The van der Waals surface area contributed by atoms with Gasteiger partial charge in [0.2, 0.25) is 0 Å². The van der Waals surface area contributed by atoms with Gasteiger partial charge in [0.1, 0.15) is 0 Å². The molecule has 2 aromatic carbocycles.